The number of halogens is 2. The van der Waals surface area contributed by atoms with E-state index in [1.54, 1.807) is 41.9 Å². The van der Waals surface area contributed by atoms with Gasteiger partial charge in [0.2, 0.25) is 15.9 Å². The Morgan fingerprint density at radius 3 is 2.41 bits per heavy atom. The van der Waals surface area contributed by atoms with Crippen LogP contribution in [-0.2, 0) is 21.4 Å². The van der Waals surface area contributed by atoms with Crippen LogP contribution in [-0.4, -0.2) is 41.5 Å². The zero-order chi connectivity index (χ0) is 24.5. The lowest BCUT2D eigenvalue weighted by molar-refractivity contribution is -0.120. The van der Waals surface area contributed by atoms with Crippen LogP contribution in [0.25, 0.3) is 0 Å². The quantitative estimate of drug-likeness (QED) is 0.540. The summed E-state index contributed by atoms with van der Waals surface area (Å²) in [4.78, 5) is 13.2. The Morgan fingerprint density at radius 1 is 1.12 bits per heavy atom. The number of carbonyl (C=O) groups excluding carboxylic acids is 1. The highest BCUT2D eigenvalue weighted by molar-refractivity contribution is 7.89. The van der Waals surface area contributed by atoms with Crippen molar-refractivity contribution < 1.29 is 17.6 Å². The zero-order valence-corrected chi connectivity index (χ0v) is 20.5. The third-order valence-corrected chi connectivity index (χ3v) is 8.35. The van der Waals surface area contributed by atoms with Crippen LogP contribution in [0.15, 0.2) is 53.4 Å². The molecule has 1 aliphatic rings. The van der Waals surface area contributed by atoms with Crippen molar-refractivity contribution in [2.75, 3.05) is 18.4 Å². The standard InChI is InChI=1S/C24H26ClFN4O3S/c1-16-23(17(2)30(28-16)15-19-5-3-4-6-22(19)26)27-24(31)18-11-13-29(14-12-18)34(32,33)21-9-7-20(25)8-10-21/h3-10,18H,11-15H2,1-2H3,(H,27,31). The first-order valence-electron chi connectivity index (χ1n) is 11.0. The predicted octanol–water partition coefficient (Wildman–Crippen LogP) is 4.38. The highest BCUT2D eigenvalue weighted by Crippen LogP contribution is 2.27. The third kappa shape index (κ3) is 5.01. The summed E-state index contributed by atoms with van der Waals surface area (Å²) in [5.74, 6) is -0.786. The van der Waals surface area contributed by atoms with Gasteiger partial charge in [0.05, 0.1) is 28.5 Å². The van der Waals surface area contributed by atoms with Crippen LogP contribution >= 0.6 is 11.6 Å². The van der Waals surface area contributed by atoms with Gasteiger partial charge in [0.15, 0.2) is 0 Å². The van der Waals surface area contributed by atoms with Crippen LogP contribution in [0.1, 0.15) is 29.8 Å². The van der Waals surface area contributed by atoms with Crippen molar-refractivity contribution in [3.63, 3.8) is 0 Å². The molecule has 0 aliphatic carbocycles. The number of carbonyl (C=O) groups is 1. The SMILES string of the molecule is Cc1nn(Cc2ccccc2F)c(C)c1NC(=O)C1CCN(S(=O)(=O)c2ccc(Cl)cc2)CC1. The summed E-state index contributed by atoms with van der Waals surface area (Å²) in [6, 6.07) is 12.6. The Kier molecular flexibility index (Phi) is 7.06. The second-order valence-corrected chi connectivity index (χ2v) is 10.8. The van der Waals surface area contributed by atoms with Crippen LogP contribution in [0.2, 0.25) is 5.02 Å². The van der Waals surface area contributed by atoms with Gasteiger partial charge in [0, 0.05) is 29.6 Å². The van der Waals surface area contributed by atoms with Crippen molar-refractivity contribution in [2.24, 2.45) is 5.92 Å². The van der Waals surface area contributed by atoms with Gasteiger partial charge < -0.3 is 5.32 Å². The number of nitrogens with zero attached hydrogens (tertiary/aromatic N) is 3. The molecule has 2 heterocycles. The largest absolute Gasteiger partial charge is 0.323 e. The lowest BCUT2D eigenvalue weighted by Crippen LogP contribution is -2.41. The average molecular weight is 505 g/mol. The van der Waals surface area contributed by atoms with Gasteiger partial charge in [0.25, 0.3) is 0 Å². The number of amides is 1. The van der Waals surface area contributed by atoms with Gasteiger partial charge in [-0.3, -0.25) is 9.48 Å². The van der Waals surface area contributed by atoms with E-state index in [0.717, 1.165) is 5.69 Å². The van der Waals surface area contributed by atoms with Crippen molar-refractivity contribution in [1.82, 2.24) is 14.1 Å². The second-order valence-electron chi connectivity index (χ2n) is 8.42. The second kappa shape index (κ2) is 9.85. The van der Waals surface area contributed by atoms with Crippen molar-refractivity contribution in [1.29, 1.82) is 0 Å². The molecule has 1 fully saturated rings. The van der Waals surface area contributed by atoms with E-state index in [0.29, 0.717) is 34.8 Å². The Hall–Kier alpha value is -2.75. The fraction of sp³-hybridized carbons (Fsp3) is 0.333. The maximum atomic E-state index is 14.0. The van der Waals surface area contributed by atoms with Crippen LogP contribution in [0, 0.1) is 25.6 Å². The van der Waals surface area contributed by atoms with E-state index < -0.39 is 10.0 Å². The molecule has 0 radical (unpaired) electrons. The highest BCUT2D eigenvalue weighted by Gasteiger charge is 2.32. The molecule has 10 heteroatoms. The van der Waals surface area contributed by atoms with Gasteiger partial charge in [-0.25, -0.2) is 12.8 Å². The van der Waals surface area contributed by atoms with Crippen molar-refractivity contribution in [2.45, 2.75) is 38.1 Å². The summed E-state index contributed by atoms with van der Waals surface area (Å²) in [5, 5.41) is 7.90. The van der Waals surface area contributed by atoms with E-state index in [1.807, 2.05) is 6.92 Å². The molecule has 0 atom stereocenters. The molecule has 180 valence electrons. The Balaban J connectivity index is 1.40. The fourth-order valence-corrected chi connectivity index (χ4v) is 5.75. The summed E-state index contributed by atoms with van der Waals surface area (Å²) in [5.41, 5.74) is 2.50. The summed E-state index contributed by atoms with van der Waals surface area (Å²) in [7, 11) is -3.63. The summed E-state index contributed by atoms with van der Waals surface area (Å²) >= 11 is 5.86. The van der Waals surface area contributed by atoms with Gasteiger partial charge in [-0.2, -0.15) is 9.40 Å². The van der Waals surface area contributed by atoms with Crippen LogP contribution in [0.3, 0.4) is 0 Å². The normalized spacial score (nSPS) is 15.4. The summed E-state index contributed by atoms with van der Waals surface area (Å²) in [6.45, 7) is 4.40. The highest BCUT2D eigenvalue weighted by atomic mass is 35.5. The van der Waals surface area contributed by atoms with Gasteiger partial charge in [-0.05, 0) is 57.0 Å². The monoisotopic (exact) mass is 504 g/mol. The van der Waals surface area contributed by atoms with Crippen LogP contribution in [0.5, 0.6) is 0 Å². The minimum atomic E-state index is -3.63. The molecule has 3 aromatic rings. The number of rotatable bonds is 6. The van der Waals surface area contributed by atoms with Crippen molar-refractivity contribution >= 4 is 33.2 Å². The lowest BCUT2D eigenvalue weighted by atomic mass is 9.97. The topological polar surface area (TPSA) is 84.3 Å². The number of aromatic nitrogens is 2. The van der Waals surface area contributed by atoms with E-state index in [-0.39, 0.29) is 42.2 Å². The lowest BCUT2D eigenvalue weighted by Gasteiger charge is -2.30. The predicted molar refractivity (Wildman–Crippen MR) is 129 cm³/mol. The number of piperidine rings is 1. The number of aryl methyl sites for hydroxylation is 1. The number of sulfonamides is 1. The average Bonchev–Trinajstić information content (AvgIpc) is 3.08. The molecule has 1 aromatic heterocycles. The van der Waals surface area contributed by atoms with Gasteiger partial charge >= 0.3 is 0 Å². The van der Waals surface area contributed by atoms with Crippen LogP contribution < -0.4 is 5.32 Å². The minimum Gasteiger partial charge on any atom is -0.323 e. The van der Waals surface area contributed by atoms with Crippen molar-refractivity contribution in [3.8, 4) is 0 Å². The molecule has 2 aromatic carbocycles. The zero-order valence-electron chi connectivity index (χ0n) is 19.0. The molecule has 1 saturated heterocycles. The van der Waals surface area contributed by atoms with Crippen LogP contribution in [0.4, 0.5) is 10.1 Å². The molecule has 4 rings (SSSR count). The Morgan fingerprint density at radius 2 is 1.76 bits per heavy atom. The molecular weight excluding hydrogens is 479 g/mol. The smallest absolute Gasteiger partial charge is 0.243 e. The van der Waals surface area contributed by atoms with E-state index in [9.17, 15) is 17.6 Å². The fourth-order valence-electron chi connectivity index (χ4n) is 4.16. The maximum absolute atomic E-state index is 14.0. The Bertz CT molecular complexity index is 1300. The number of hydrogen-bond donors (Lipinski definition) is 1. The molecule has 0 saturated carbocycles. The number of nitrogens with one attached hydrogen (secondary N) is 1. The molecule has 7 nitrogen and oxygen atoms in total. The molecule has 1 amide bonds. The van der Waals surface area contributed by atoms with Crippen molar-refractivity contribution in [3.05, 3.63) is 76.3 Å². The van der Waals surface area contributed by atoms with E-state index >= 15 is 0 Å². The van der Waals surface area contributed by atoms with Gasteiger partial charge in [-0.15, -0.1) is 0 Å². The number of benzene rings is 2. The van der Waals surface area contributed by atoms with E-state index in [1.165, 1.54) is 22.5 Å². The number of hydrogen-bond acceptors (Lipinski definition) is 4. The Labute approximate surface area is 203 Å². The molecule has 0 unspecified atom stereocenters. The van der Waals surface area contributed by atoms with E-state index in [2.05, 4.69) is 10.4 Å². The number of anilines is 1. The first-order valence-corrected chi connectivity index (χ1v) is 12.8. The van der Waals surface area contributed by atoms with E-state index in [4.69, 9.17) is 11.6 Å². The minimum absolute atomic E-state index is 0.166. The first kappa shape index (κ1) is 24.4. The third-order valence-electron chi connectivity index (χ3n) is 6.18. The molecule has 1 N–H and O–H groups in total. The maximum Gasteiger partial charge on any atom is 0.243 e. The molecule has 34 heavy (non-hydrogen) atoms. The molecule has 1 aliphatic heterocycles. The molecule has 0 spiro atoms. The van der Waals surface area contributed by atoms with Gasteiger partial charge in [0.1, 0.15) is 5.82 Å². The summed E-state index contributed by atoms with van der Waals surface area (Å²) < 4.78 is 42.9. The summed E-state index contributed by atoms with van der Waals surface area (Å²) in [6.07, 6.45) is 0.834. The molecular formula is C24H26ClFN4O3S. The first-order chi connectivity index (χ1) is 16.2. The van der Waals surface area contributed by atoms with Gasteiger partial charge in [-0.1, -0.05) is 29.8 Å². The molecule has 0 bridgehead atoms.